The largest absolute Gasteiger partial charge is 0.310 e. The van der Waals surface area contributed by atoms with Crippen LogP contribution in [0.25, 0.3) is 0 Å². The first-order valence-electron chi connectivity index (χ1n) is 7.73. The molecule has 2 heteroatoms. The Morgan fingerprint density at radius 3 is 1.48 bits per heavy atom. The number of nitrogens with zero attached hydrogens (tertiary/aromatic N) is 1. The van der Waals surface area contributed by atoms with E-state index >= 15 is 0 Å². The van der Waals surface area contributed by atoms with Gasteiger partial charge in [0.2, 0.25) is 0 Å². The lowest BCUT2D eigenvalue weighted by atomic mass is 10.1. The van der Waals surface area contributed by atoms with Gasteiger partial charge in [-0.25, -0.2) is 0 Å². The van der Waals surface area contributed by atoms with E-state index in [2.05, 4.69) is 80.3 Å². The van der Waals surface area contributed by atoms with Gasteiger partial charge in [-0.3, -0.25) is 0 Å². The van der Waals surface area contributed by atoms with Crippen LogP contribution in [0.2, 0.25) is 5.02 Å². The maximum absolute atomic E-state index is 6.29. The van der Waals surface area contributed by atoms with E-state index < -0.39 is 0 Å². The average molecular weight is 322 g/mol. The third-order valence-corrected chi connectivity index (χ3v) is 4.09. The lowest BCUT2D eigenvalue weighted by Crippen LogP contribution is -2.10. The minimum Gasteiger partial charge on any atom is -0.310 e. The molecule has 0 saturated carbocycles. The predicted octanol–water partition coefficient (Wildman–Crippen LogP) is 6.74. The van der Waals surface area contributed by atoms with Crippen LogP contribution in [-0.2, 0) is 0 Å². The molecular formula is C21H20ClN. The average Bonchev–Trinajstić information content (AvgIpc) is 2.50. The Morgan fingerprint density at radius 1 is 0.565 bits per heavy atom. The highest BCUT2D eigenvalue weighted by atomic mass is 35.5. The van der Waals surface area contributed by atoms with Crippen LogP contribution < -0.4 is 4.90 Å². The zero-order valence-corrected chi connectivity index (χ0v) is 14.4. The number of benzene rings is 3. The van der Waals surface area contributed by atoms with Crippen molar-refractivity contribution in [3.63, 3.8) is 0 Å². The zero-order valence-electron chi connectivity index (χ0n) is 13.7. The number of aryl methyl sites for hydroxylation is 3. The van der Waals surface area contributed by atoms with Crippen molar-refractivity contribution in [1.29, 1.82) is 0 Å². The molecule has 0 spiro atoms. The molecule has 0 aliphatic rings. The molecule has 116 valence electrons. The lowest BCUT2D eigenvalue weighted by molar-refractivity contribution is 1.26. The van der Waals surface area contributed by atoms with Crippen molar-refractivity contribution in [2.24, 2.45) is 0 Å². The highest BCUT2D eigenvalue weighted by molar-refractivity contribution is 6.31. The molecule has 0 fully saturated rings. The molecular weight excluding hydrogens is 302 g/mol. The molecule has 0 amide bonds. The third kappa shape index (κ3) is 3.57. The predicted molar refractivity (Wildman–Crippen MR) is 100 cm³/mol. The summed E-state index contributed by atoms with van der Waals surface area (Å²) < 4.78 is 0. The number of hydrogen-bond donors (Lipinski definition) is 0. The number of anilines is 3. The number of hydrogen-bond acceptors (Lipinski definition) is 1. The Bertz CT molecular complexity index is 739. The molecule has 0 N–H and O–H groups in total. The van der Waals surface area contributed by atoms with Crippen molar-refractivity contribution < 1.29 is 0 Å². The van der Waals surface area contributed by atoms with Crippen LogP contribution in [0, 0.1) is 20.8 Å². The highest BCUT2D eigenvalue weighted by Gasteiger charge is 2.13. The second kappa shape index (κ2) is 6.47. The van der Waals surface area contributed by atoms with E-state index in [1.165, 1.54) is 11.1 Å². The zero-order chi connectivity index (χ0) is 16.4. The van der Waals surface area contributed by atoms with Crippen LogP contribution in [0.15, 0.2) is 66.7 Å². The summed E-state index contributed by atoms with van der Waals surface area (Å²) in [6, 6.07) is 23.3. The van der Waals surface area contributed by atoms with Crippen LogP contribution in [-0.4, -0.2) is 0 Å². The van der Waals surface area contributed by atoms with Crippen molar-refractivity contribution >= 4 is 28.7 Å². The topological polar surface area (TPSA) is 3.24 Å². The lowest BCUT2D eigenvalue weighted by Gasteiger charge is -2.26. The summed E-state index contributed by atoms with van der Waals surface area (Å²) in [5.41, 5.74) is 6.97. The Hall–Kier alpha value is -2.25. The van der Waals surface area contributed by atoms with Gasteiger partial charge >= 0.3 is 0 Å². The summed E-state index contributed by atoms with van der Waals surface area (Å²) in [6.45, 7) is 6.27. The fourth-order valence-electron chi connectivity index (χ4n) is 2.68. The van der Waals surface area contributed by atoms with Gasteiger partial charge in [-0.15, -0.1) is 0 Å². The molecule has 1 nitrogen and oxygen atoms in total. The first kappa shape index (κ1) is 15.6. The van der Waals surface area contributed by atoms with Crippen LogP contribution in [0.3, 0.4) is 0 Å². The Kier molecular flexibility index (Phi) is 4.40. The molecule has 0 aliphatic heterocycles. The Labute approximate surface area is 143 Å². The summed E-state index contributed by atoms with van der Waals surface area (Å²) in [5.74, 6) is 0. The van der Waals surface area contributed by atoms with E-state index in [4.69, 9.17) is 11.6 Å². The Balaban J connectivity index is 2.16. The molecule has 0 unspecified atom stereocenters. The molecule has 0 radical (unpaired) electrons. The SMILES string of the molecule is Cc1ccc(N(c2ccc(C)cc2)c2cc(C)cc(Cl)c2)cc1. The molecule has 0 heterocycles. The van der Waals surface area contributed by atoms with Crippen molar-refractivity contribution in [1.82, 2.24) is 0 Å². The van der Waals surface area contributed by atoms with Crippen molar-refractivity contribution in [2.45, 2.75) is 20.8 Å². The van der Waals surface area contributed by atoms with Gasteiger partial charge < -0.3 is 4.90 Å². The van der Waals surface area contributed by atoms with Crippen LogP contribution in [0.4, 0.5) is 17.1 Å². The molecule has 3 aromatic rings. The maximum atomic E-state index is 6.29. The maximum Gasteiger partial charge on any atom is 0.0479 e. The summed E-state index contributed by atoms with van der Waals surface area (Å²) in [4.78, 5) is 2.23. The van der Waals surface area contributed by atoms with Crippen LogP contribution in [0.5, 0.6) is 0 Å². The monoisotopic (exact) mass is 321 g/mol. The second-order valence-electron chi connectivity index (χ2n) is 5.99. The van der Waals surface area contributed by atoms with E-state index in [1.807, 2.05) is 12.1 Å². The van der Waals surface area contributed by atoms with E-state index in [9.17, 15) is 0 Å². The summed E-state index contributed by atoms with van der Waals surface area (Å²) in [5, 5.41) is 0.754. The quantitative estimate of drug-likeness (QED) is 0.516. The third-order valence-electron chi connectivity index (χ3n) is 3.87. The first-order chi connectivity index (χ1) is 11.0. The molecule has 0 aromatic heterocycles. The number of halogens is 1. The molecule has 23 heavy (non-hydrogen) atoms. The van der Waals surface area contributed by atoms with Gasteiger partial charge in [-0.2, -0.15) is 0 Å². The molecule has 0 bridgehead atoms. The van der Waals surface area contributed by atoms with E-state index in [0.717, 1.165) is 27.6 Å². The van der Waals surface area contributed by atoms with Gasteiger partial charge in [-0.1, -0.05) is 47.0 Å². The molecule has 0 aliphatic carbocycles. The summed E-state index contributed by atoms with van der Waals surface area (Å²) in [7, 11) is 0. The Morgan fingerprint density at radius 2 is 1.04 bits per heavy atom. The standard InChI is InChI=1S/C21H20ClN/c1-15-4-8-19(9-5-15)23(20-10-6-16(2)7-11-20)21-13-17(3)12-18(22)14-21/h4-14H,1-3H3. The summed E-state index contributed by atoms with van der Waals surface area (Å²) in [6.07, 6.45) is 0. The fourth-order valence-corrected chi connectivity index (χ4v) is 2.96. The van der Waals surface area contributed by atoms with E-state index in [0.29, 0.717) is 0 Å². The van der Waals surface area contributed by atoms with E-state index in [-0.39, 0.29) is 0 Å². The van der Waals surface area contributed by atoms with Crippen LogP contribution >= 0.6 is 11.6 Å². The molecule has 3 rings (SSSR count). The van der Waals surface area contributed by atoms with Crippen molar-refractivity contribution in [3.05, 3.63) is 88.4 Å². The minimum atomic E-state index is 0.754. The summed E-state index contributed by atoms with van der Waals surface area (Å²) >= 11 is 6.29. The number of rotatable bonds is 3. The van der Waals surface area contributed by atoms with Crippen molar-refractivity contribution in [2.75, 3.05) is 4.90 Å². The van der Waals surface area contributed by atoms with Gasteiger partial charge in [-0.05, 0) is 68.8 Å². The second-order valence-corrected chi connectivity index (χ2v) is 6.43. The van der Waals surface area contributed by atoms with E-state index in [1.54, 1.807) is 0 Å². The fraction of sp³-hybridized carbons (Fsp3) is 0.143. The first-order valence-corrected chi connectivity index (χ1v) is 8.11. The highest BCUT2D eigenvalue weighted by Crippen LogP contribution is 2.36. The molecule has 3 aromatic carbocycles. The van der Waals surface area contributed by atoms with Gasteiger partial charge in [0, 0.05) is 22.1 Å². The molecule has 0 saturated heterocycles. The molecule has 0 atom stereocenters. The normalized spacial score (nSPS) is 10.6. The van der Waals surface area contributed by atoms with Gasteiger partial charge in [0.1, 0.15) is 0 Å². The minimum absolute atomic E-state index is 0.754. The van der Waals surface area contributed by atoms with Gasteiger partial charge in [0.15, 0.2) is 0 Å². The van der Waals surface area contributed by atoms with Crippen LogP contribution in [0.1, 0.15) is 16.7 Å². The van der Waals surface area contributed by atoms with Gasteiger partial charge in [0.25, 0.3) is 0 Å². The van der Waals surface area contributed by atoms with Crippen molar-refractivity contribution in [3.8, 4) is 0 Å². The smallest absolute Gasteiger partial charge is 0.0479 e. The van der Waals surface area contributed by atoms with Gasteiger partial charge in [0.05, 0.1) is 0 Å².